The van der Waals surface area contributed by atoms with Gasteiger partial charge in [-0.1, -0.05) is 31.2 Å². The Morgan fingerprint density at radius 3 is 2.40 bits per heavy atom. The highest BCUT2D eigenvalue weighted by atomic mass is 16.3. The predicted octanol–water partition coefficient (Wildman–Crippen LogP) is 2.28. The maximum absolute atomic E-state index is 9.43. The molecule has 1 N–H and O–H groups in total. The van der Waals surface area contributed by atoms with Gasteiger partial charge in [-0.15, -0.1) is 0 Å². The van der Waals surface area contributed by atoms with Gasteiger partial charge in [-0.25, -0.2) is 0 Å². The molecule has 10 heavy (non-hydrogen) atoms. The number of hydrogen-bond donors (Lipinski definition) is 1. The average molecular weight is 140 g/mol. The molecular formula is C9H16O. The van der Waals surface area contributed by atoms with Crippen LogP contribution in [0.25, 0.3) is 0 Å². The Morgan fingerprint density at radius 2 is 2.00 bits per heavy atom. The minimum atomic E-state index is -0.639. The Hall–Kier alpha value is -0.560. The van der Waals surface area contributed by atoms with Crippen molar-refractivity contribution < 1.29 is 5.11 Å². The van der Waals surface area contributed by atoms with E-state index >= 15 is 0 Å². The smallest absolute Gasteiger partial charge is 0.0800 e. The summed E-state index contributed by atoms with van der Waals surface area (Å²) >= 11 is 0. The van der Waals surface area contributed by atoms with Gasteiger partial charge in [0.05, 0.1) is 5.60 Å². The lowest BCUT2D eigenvalue weighted by molar-refractivity contribution is 0.108. The predicted molar refractivity (Wildman–Crippen MR) is 44.9 cm³/mol. The van der Waals surface area contributed by atoms with Crippen LogP contribution in [-0.2, 0) is 0 Å². The fourth-order valence-electron chi connectivity index (χ4n) is 0.492. The molecule has 0 amide bonds. The van der Waals surface area contributed by atoms with E-state index in [0.717, 1.165) is 6.42 Å². The summed E-state index contributed by atoms with van der Waals surface area (Å²) in [6, 6.07) is 0. The van der Waals surface area contributed by atoms with Gasteiger partial charge in [-0.05, 0) is 20.3 Å². The minimum Gasteiger partial charge on any atom is -0.386 e. The molecule has 0 rings (SSSR count). The normalized spacial score (nSPS) is 18.4. The van der Waals surface area contributed by atoms with Crippen molar-refractivity contribution in [3.8, 4) is 0 Å². The fraction of sp³-hybridized carbons (Fsp3) is 0.556. The van der Waals surface area contributed by atoms with Crippen LogP contribution in [0.4, 0.5) is 0 Å². The van der Waals surface area contributed by atoms with Crippen molar-refractivity contribution in [1.29, 1.82) is 0 Å². The third-order valence-corrected chi connectivity index (χ3v) is 1.47. The average Bonchev–Trinajstić information content (AvgIpc) is 1.89. The summed E-state index contributed by atoms with van der Waals surface area (Å²) in [6.07, 6.45) is 8.25. The van der Waals surface area contributed by atoms with E-state index in [4.69, 9.17) is 0 Å². The van der Waals surface area contributed by atoms with E-state index in [1.165, 1.54) is 0 Å². The van der Waals surface area contributed by atoms with Crippen molar-refractivity contribution in [1.82, 2.24) is 0 Å². The largest absolute Gasteiger partial charge is 0.386 e. The Morgan fingerprint density at radius 1 is 1.40 bits per heavy atom. The first-order valence-electron chi connectivity index (χ1n) is 3.65. The summed E-state index contributed by atoms with van der Waals surface area (Å²) in [5.74, 6) is 0. The molecule has 0 saturated heterocycles. The maximum atomic E-state index is 9.43. The Kier molecular flexibility index (Phi) is 4.05. The zero-order chi connectivity index (χ0) is 8.04. The van der Waals surface area contributed by atoms with Crippen molar-refractivity contribution in [3.63, 3.8) is 0 Å². The van der Waals surface area contributed by atoms with Crippen LogP contribution in [0, 0.1) is 0 Å². The van der Waals surface area contributed by atoms with E-state index in [1.54, 1.807) is 13.0 Å². The molecule has 0 radical (unpaired) electrons. The standard InChI is InChI=1S/C9H16O/c1-4-6-7-8-9(3,10)5-2/h4,6-8,10H,5H2,1-3H3/b6-4+,8-7+/t9-/m1/s1. The highest BCUT2D eigenvalue weighted by Crippen LogP contribution is 2.09. The molecule has 0 aromatic rings. The first-order valence-corrected chi connectivity index (χ1v) is 3.65. The van der Waals surface area contributed by atoms with E-state index in [2.05, 4.69) is 0 Å². The lowest BCUT2D eigenvalue weighted by Gasteiger charge is -2.14. The van der Waals surface area contributed by atoms with Gasteiger partial charge < -0.3 is 5.11 Å². The Bertz CT molecular complexity index is 132. The van der Waals surface area contributed by atoms with Crippen LogP contribution in [0.5, 0.6) is 0 Å². The SMILES string of the molecule is C/C=C/C=C/[C@](C)(O)CC. The molecule has 1 nitrogen and oxygen atoms in total. The number of aliphatic hydroxyl groups is 1. The van der Waals surface area contributed by atoms with Gasteiger partial charge in [0, 0.05) is 0 Å². The van der Waals surface area contributed by atoms with Crippen molar-refractivity contribution in [2.45, 2.75) is 32.8 Å². The molecule has 0 bridgehead atoms. The van der Waals surface area contributed by atoms with E-state index in [-0.39, 0.29) is 0 Å². The second kappa shape index (κ2) is 4.29. The third kappa shape index (κ3) is 4.33. The summed E-state index contributed by atoms with van der Waals surface area (Å²) in [5, 5.41) is 9.43. The van der Waals surface area contributed by atoms with E-state index in [0.29, 0.717) is 0 Å². The van der Waals surface area contributed by atoms with Crippen LogP contribution in [0.2, 0.25) is 0 Å². The lowest BCUT2D eigenvalue weighted by Crippen LogP contribution is -2.18. The lowest BCUT2D eigenvalue weighted by atomic mass is 10.0. The van der Waals surface area contributed by atoms with Crippen LogP contribution < -0.4 is 0 Å². The van der Waals surface area contributed by atoms with Crippen molar-refractivity contribution >= 4 is 0 Å². The van der Waals surface area contributed by atoms with E-state index < -0.39 is 5.60 Å². The molecule has 0 fully saturated rings. The topological polar surface area (TPSA) is 20.2 Å². The molecule has 0 heterocycles. The molecule has 0 aliphatic carbocycles. The van der Waals surface area contributed by atoms with Crippen molar-refractivity contribution in [2.75, 3.05) is 0 Å². The van der Waals surface area contributed by atoms with E-state index in [1.807, 2.05) is 32.1 Å². The molecule has 0 aliphatic heterocycles. The number of allylic oxidation sites excluding steroid dienone is 3. The van der Waals surface area contributed by atoms with Crippen molar-refractivity contribution in [2.24, 2.45) is 0 Å². The molecule has 0 spiro atoms. The first-order chi connectivity index (χ1) is 4.62. The number of rotatable bonds is 3. The van der Waals surface area contributed by atoms with Gasteiger partial charge >= 0.3 is 0 Å². The maximum Gasteiger partial charge on any atom is 0.0800 e. The summed E-state index contributed by atoms with van der Waals surface area (Å²) in [5.41, 5.74) is -0.639. The van der Waals surface area contributed by atoms with Gasteiger partial charge in [-0.2, -0.15) is 0 Å². The molecule has 0 saturated carbocycles. The molecular weight excluding hydrogens is 124 g/mol. The Balaban J connectivity index is 3.86. The molecule has 1 atom stereocenters. The quantitative estimate of drug-likeness (QED) is 0.596. The number of hydrogen-bond acceptors (Lipinski definition) is 1. The van der Waals surface area contributed by atoms with Crippen LogP contribution in [-0.4, -0.2) is 10.7 Å². The highest BCUT2D eigenvalue weighted by Gasteiger charge is 2.10. The summed E-state index contributed by atoms with van der Waals surface area (Å²) in [7, 11) is 0. The summed E-state index contributed by atoms with van der Waals surface area (Å²) < 4.78 is 0. The van der Waals surface area contributed by atoms with Crippen LogP contribution in [0.15, 0.2) is 24.3 Å². The molecule has 0 unspecified atom stereocenters. The van der Waals surface area contributed by atoms with Gasteiger partial charge in [0.15, 0.2) is 0 Å². The second-order valence-electron chi connectivity index (χ2n) is 2.60. The highest BCUT2D eigenvalue weighted by molar-refractivity contribution is 5.07. The molecule has 58 valence electrons. The monoisotopic (exact) mass is 140 g/mol. The summed E-state index contributed by atoms with van der Waals surface area (Å²) in [4.78, 5) is 0. The molecule has 0 aliphatic rings. The van der Waals surface area contributed by atoms with Gasteiger partial charge in [0.1, 0.15) is 0 Å². The van der Waals surface area contributed by atoms with Crippen LogP contribution in [0.1, 0.15) is 27.2 Å². The van der Waals surface area contributed by atoms with Gasteiger partial charge in [-0.3, -0.25) is 0 Å². The Labute approximate surface area is 63.1 Å². The second-order valence-corrected chi connectivity index (χ2v) is 2.60. The fourth-order valence-corrected chi connectivity index (χ4v) is 0.492. The molecule has 0 aromatic heterocycles. The van der Waals surface area contributed by atoms with Gasteiger partial charge in [0.2, 0.25) is 0 Å². The zero-order valence-corrected chi connectivity index (χ0v) is 6.96. The van der Waals surface area contributed by atoms with Crippen molar-refractivity contribution in [3.05, 3.63) is 24.3 Å². The molecule has 1 heteroatoms. The minimum absolute atomic E-state index is 0.639. The first kappa shape index (κ1) is 9.44. The van der Waals surface area contributed by atoms with Gasteiger partial charge in [0.25, 0.3) is 0 Å². The summed E-state index contributed by atoms with van der Waals surface area (Å²) in [6.45, 7) is 5.71. The van der Waals surface area contributed by atoms with E-state index in [9.17, 15) is 5.11 Å². The third-order valence-electron chi connectivity index (χ3n) is 1.47. The van der Waals surface area contributed by atoms with Crippen LogP contribution in [0.3, 0.4) is 0 Å². The molecule has 0 aromatic carbocycles. The zero-order valence-electron chi connectivity index (χ0n) is 6.96. The van der Waals surface area contributed by atoms with Crippen LogP contribution >= 0.6 is 0 Å².